The monoisotopic (exact) mass is 671 g/mol. The Morgan fingerprint density at radius 3 is 2.07 bits per heavy atom. The summed E-state index contributed by atoms with van der Waals surface area (Å²) in [6.45, 7) is 9.82. The molecular formula is C32H61N7O6S. The number of alkyl carbamates (subject to hydrolysis) is 1. The molecule has 0 fully saturated rings. The summed E-state index contributed by atoms with van der Waals surface area (Å²) in [5, 5.41) is 11.1. The Morgan fingerprint density at radius 1 is 0.891 bits per heavy atom. The minimum absolute atomic E-state index is 0. The summed E-state index contributed by atoms with van der Waals surface area (Å²) in [6.07, 6.45) is 1.75. The summed E-state index contributed by atoms with van der Waals surface area (Å²) in [4.78, 5) is 54.8. The second-order valence-corrected chi connectivity index (χ2v) is 11.6. The van der Waals surface area contributed by atoms with E-state index in [1.54, 1.807) is 41.7 Å². The lowest BCUT2D eigenvalue weighted by atomic mass is 10.0. The Morgan fingerprint density at radius 2 is 1.50 bits per heavy atom. The summed E-state index contributed by atoms with van der Waals surface area (Å²) in [5.74, 6) is -1.58. The lowest BCUT2D eigenvalue weighted by Crippen LogP contribution is -2.55. The highest BCUT2D eigenvalue weighted by molar-refractivity contribution is 7.59. The quantitative estimate of drug-likeness (QED) is 0.0623. The molecule has 0 saturated heterocycles. The molecule has 14 heteroatoms. The van der Waals surface area contributed by atoms with Crippen LogP contribution in [0.1, 0.15) is 87.1 Å². The number of amides is 3. The number of nitrogens with zero attached hydrogens (tertiary/aromatic N) is 1. The first-order chi connectivity index (χ1) is 20.2. The van der Waals surface area contributed by atoms with E-state index >= 15 is 0 Å². The number of guanidine groups is 1. The van der Waals surface area contributed by atoms with Gasteiger partial charge in [0.05, 0.1) is 6.04 Å². The van der Waals surface area contributed by atoms with Crippen molar-refractivity contribution in [1.29, 1.82) is 0 Å². The number of ether oxygens (including phenoxy) is 2. The van der Waals surface area contributed by atoms with E-state index < -0.39 is 47.6 Å². The van der Waals surface area contributed by atoms with Gasteiger partial charge in [-0.15, -0.1) is 0 Å². The highest BCUT2D eigenvalue weighted by Gasteiger charge is 2.30. The molecular weight excluding hydrogens is 610 g/mol. The van der Waals surface area contributed by atoms with Gasteiger partial charge in [-0.05, 0) is 64.4 Å². The third-order valence-corrected chi connectivity index (χ3v) is 6.24. The van der Waals surface area contributed by atoms with Crippen molar-refractivity contribution in [3.63, 3.8) is 0 Å². The lowest BCUT2D eigenvalue weighted by Gasteiger charge is -2.25. The molecule has 46 heavy (non-hydrogen) atoms. The molecule has 1 aromatic carbocycles. The lowest BCUT2D eigenvalue weighted by molar-refractivity contribution is -0.150. The van der Waals surface area contributed by atoms with Crippen LogP contribution in [0.5, 0.6) is 0 Å². The fourth-order valence-electron chi connectivity index (χ4n) is 3.84. The number of aliphatic imine (C=N–C) groups is 1. The van der Waals surface area contributed by atoms with Gasteiger partial charge in [0.25, 0.3) is 0 Å². The standard InChI is InChI=1S/C30H51N7O6.2CH4.H2S/c1-20(2)24(27(40)42-19-21-13-8-7-9-14-21)37-26(39)23(16-12-18-34-28(32)33-6)36-25(38)22(31)15-10-11-17-35-29(41)43-30(3,4)5;;;/h7-9,13-14,20,22-24H,10-12,15-19,31H2,1-6H3,(H,35,41)(H,36,38)(H,37,39)(H3,32,33,34);2*1H4;1H2/t22-,23-,24+;;;/m1.../s1. The van der Waals surface area contributed by atoms with Crippen LogP contribution in [0.15, 0.2) is 35.3 Å². The third kappa shape index (κ3) is 20.5. The van der Waals surface area contributed by atoms with Gasteiger partial charge < -0.3 is 42.2 Å². The maximum atomic E-state index is 13.3. The number of carbonyl (C=O) groups excluding carboxylic acids is 4. The first-order valence-electron chi connectivity index (χ1n) is 14.7. The van der Waals surface area contributed by atoms with E-state index in [4.69, 9.17) is 20.9 Å². The van der Waals surface area contributed by atoms with Crippen LogP contribution >= 0.6 is 13.5 Å². The predicted molar refractivity (Wildman–Crippen MR) is 190 cm³/mol. The molecule has 3 amide bonds. The Hall–Kier alpha value is -3.52. The average Bonchev–Trinajstić information content (AvgIpc) is 2.94. The summed E-state index contributed by atoms with van der Waals surface area (Å²) in [5.41, 5.74) is 12.0. The third-order valence-electron chi connectivity index (χ3n) is 6.24. The van der Waals surface area contributed by atoms with Crippen LogP contribution in [0, 0.1) is 5.92 Å². The van der Waals surface area contributed by atoms with Crippen LogP contribution in [0.25, 0.3) is 0 Å². The molecule has 0 spiro atoms. The highest BCUT2D eigenvalue weighted by Crippen LogP contribution is 2.10. The van der Waals surface area contributed by atoms with Gasteiger partial charge in [0.2, 0.25) is 11.8 Å². The molecule has 0 unspecified atom stereocenters. The molecule has 0 aliphatic heterocycles. The van der Waals surface area contributed by atoms with E-state index in [0.717, 1.165) is 5.56 Å². The Labute approximate surface area is 283 Å². The fourth-order valence-corrected chi connectivity index (χ4v) is 3.84. The van der Waals surface area contributed by atoms with Gasteiger partial charge in [-0.1, -0.05) is 59.0 Å². The number of esters is 1. The number of nitrogens with one attached hydrogen (secondary N) is 4. The van der Waals surface area contributed by atoms with E-state index in [2.05, 4.69) is 26.3 Å². The Kier molecular flexibility index (Phi) is 25.2. The van der Waals surface area contributed by atoms with Gasteiger partial charge in [0.1, 0.15) is 24.3 Å². The molecule has 0 aliphatic carbocycles. The number of hydrogen-bond donors (Lipinski definition) is 6. The molecule has 0 saturated carbocycles. The normalized spacial score (nSPS) is 12.9. The van der Waals surface area contributed by atoms with Crippen molar-refractivity contribution in [3.8, 4) is 0 Å². The van der Waals surface area contributed by atoms with Crippen molar-refractivity contribution in [3.05, 3.63) is 35.9 Å². The number of carbonyl (C=O) groups is 4. The highest BCUT2D eigenvalue weighted by atomic mass is 32.1. The van der Waals surface area contributed by atoms with Crippen LogP contribution in [0.4, 0.5) is 4.79 Å². The van der Waals surface area contributed by atoms with Crippen LogP contribution in [0.2, 0.25) is 0 Å². The molecule has 13 nitrogen and oxygen atoms in total. The Balaban J connectivity index is -0.00000616. The van der Waals surface area contributed by atoms with E-state index in [1.807, 2.05) is 30.3 Å². The number of rotatable bonds is 17. The van der Waals surface area contributed by atoms with Crippen LogP contribution in [-0.2, 0) is 30.5 Å². The molecule has 0 aromatic heterocycles. The predicted octanol–water partition coefficient (Wildman–Crippen LogP) is 3.08. The molecule has 266 valence electrons. The second kappa shape index (κ2) is 24.7. The Bertz CT molecular complexity index is 1050. The first-order valence-corrected chi connectivity index (χ1v) is 14.7. The molecule has 0 heterocycles. The van der Waals surface area contributed by atoms with E-state index in [9.17, 15) is 19.2 Å². The van der Waals surface area contributed by atoms with E-state index in [-0.39, 0.29) is 53.3 Å². The number of hydrogen-bond acceptors (Lipinski definition) is 8. The zero-order chi connectivity index (χ0) is 32.4. The van der Waals surface area contributed by atoms with E-state index in [0.29, 0.717) is 38.8 Å². The van der Waals surface area contributed by atoms with Gasteiger partial charge in [-0.2, -0.15) is 13.5 Å². The van der Waals surface area contributed by atoms with Crippen molar-refractivity contribution < 1.29 is 28.7 Å². The summed E-state index contributed by atoms with van der Waals surface area (Å²) < 4.78 is 10.7. The maximum absolute atomic E-state index is 13.3. The number of nitrogens with two attached hydrogens (primary N) is 2. The minimum Gasteiger partial charge on any atom is -0.459 e. The van der Waals surface area contributed by atoms with Gasteiger partial charge in [0, 0.05) is 20.1 Å². The average molecular weight is 672 g/mol. The zero-order valence-electron chi connectivity index (χ0n) is 26.9. The molecule has 0 aliphatic rings. The minimum atomic E-state index is -0.947. The number of unbranched alkanes of at least 4 members (excludes halogenated alkanes) is 1. The van der Waals surface area contributed by atoms with Crippen LogP contribution < -0.4 is 32.7 Å². The molecule has 0 radical (unpaired) electrons. The van der Waals surface area contributed by atoms with E-state index in [1.165, 1.54) is 0 Å². The second-order valence-electron chi connectivity index (χ2n) is 11.6. The first kappa shape index (κ1) is 46.9. The van der Waals surface area contributed by atoms with Gasteiger partial charge in [-0.3, -0.25) is 14.6 Å². The zero-order valence-corrected chi connectivity index (χ0v) is 27.9. The largest absolute Gasteiger partial charge is 0.459 e. The maximum Gasteiger partial charge on any atom is 0.407 e. The topological polar surface area (TPSA) is 199 Å². The molecule has 3 atom stereocenters. The van der Waals surface area contributed by atoms with Crippen LogP contribution in [-0.4, -0.2) is 73.7 Å². The van der Waals surface area contributed by atoms with Crippen molar-refractivity contribution in [1.82, 2.24) is 21.3 Å². The summed E-state index contributed by atoms with van der Waals surface area (Å²) in [7, 11) is 1.55. The van der Waals surface area contributed by atoms with Crippen LogP contribution in [0.3, 0.4) is 0 Å². The van der Waals surface area contributed by atoms with Crippen molar-refractivity contribution >= 4 is 43.3 Å². The van der Waals surface area contributed by atoms with Crippen molar-refractivity contribution in [2.45, 2.75) is 112 Å². The summed E-state index contributed by atoms with van der Waals surface area (Å²) >= 11 is 0. The fraction of sp³-hybridized carbons (Fsp3) is 0.656. The van der Waals surface area contributed by atoms with Gasteiger partial charge in [-0.25, -0.2) is 9.59 Å². The summed E-state index contributed by atoms with van der Waals surface area (Å²) in [6, 6.07) is 6.51. The SMILES string of the molecule is C.C.CN=C(N)NCCC[C@@H](NC(=O)[C@H](N)CCCCNC(=O)OC(C)(C)C)C(=O)N[C@H](C(=O)OCc1ccccc1)C(C)C.S. The molecule has 1 aromatic rings. The smallest absolute Gasteiger partial charge is 0.407 e. The van der Waals surface area contributed by atoms with Gasteiger partial charge >= 0.3 is 12.1 Å². The molecule has 0 bridgehead atoms. The molecule has 8 N–H and O–H groups in total. The van der Waals surface area contributed by atoms with Gasteiger partial charge in [0.15, 0.2) is 5.96 Å². The van der Waals surface area contributed by atoms with Crippen molar-refractivity contribution in [2.75, 3.05) is 20.1 Å². The van der Waals surface area contributed by atoms with Crippen molar-refractivity contribution in [2.24, 2.45) is 22.4 Å². The molecule has 1 rings (SSSR count). The number of benzene rings is 1.